The molecule has 0 spiro atoms. The predicted octanol–water partition coefficient (Wildman–Crippen LogP) is 6.35. The van der Waals surface area contributed by atoms with Gasteiger partial charge in [-0.05, 0) is 83.8 Å². The molecule has 6 nitrogen and oxygen atoms in total. The van der Waals surface area contributed by atoms with E-state index in [1.807, 2.05) is 30.3 Å². The van der Waals surface area contributed by atoms with E-state index in [9.17, 15) is 15.0 Å². The summed E-state index contributed by atoms with van der Waals surface area (Å²) in [6.07, 6.45) is 0.547. The average molecular weight is 533 g/mol. The number of aliphatic carboxylic acids is 1. The number of methoxy groups -OCH3 is 1. The fourth-order valence-electron chi connectivity index (χ4n) is 5.33. The lowest BCUT2D eigenvalue weighted by molar-refractivity contribution is -0.140. The Balaban J connectivity index is 1.29. The van der Waals surface area contributed by atoms with E-state index in [1.165, 1.54) is 21.2 Å². The number of fused-ring (bicyclic) bond motifs is 1. The van der Waals surface area contributed by atoms with Crippen molar-refractivity contribution < 1.29 is 29.2 Å². The first-order chi connectivity index (χ1) is 18.4. The summed E-state index contributed by atoms with van der Waals surface area (Å²) in [5, 5.41) is 22.5. The van der Waals surface area contributed by atoms with Gasteiger partial charge < -0.3 is 24.4 Å². The number of ether oxygens (including phenoxy) is 3. The van der Waals surface area contributed by atoms with Gasteiger partial charge in [-0.25, -0.2) is 0 Å². The Labute approximate surface area is 226 Å². The van der Waals surface area contributed by atoms with E-state index in [-0.39, 0.29) is 6.42 Å². The van der Waals surface area contributed by atoms with Crippen molar-refractivity contribution in [2.45, 2.75) is 44.3 Å². The molecule has 0 bridgehead atoms. The highest BCUT2D eigenvalue weighted by Crippen LogP contribution is 2.47. The zero-order chi connectivity index (χ0) is 26.7. The number of aliphatic hydroxyl groups excluding tert-OH is 1. The summed E-state index contributed by atoms with van der Waals surface area (Å²) in [6.45, 7) is 3.61. The number of thiophene rings is 1. The molecule has 1 heterocycles. The fourth-order valence-corrected chi connectivity index (χ4v) is 6.27. The van der Waals surface area contributed by atoms with Gasteiger partial charge in [0, 0.05) is 28.2 Å². The number of rotatable bonds is 11. The minimum atomic E-state index is -0.845. The van der Waals surface area contributed by atoms with Crippen LogP contribution in [0.4, 0.5) is 0 Å². The second-order valence-corrected chi connectivity index (χ2v) is 10.9. The van der Waals surface area contributed by atoms with Crippen molar-refractivity contribution in [1.29, 1.82) is 0 Å². The van der Waals surface area contributed by atoms with Gasteiger partial charge in [-0.3, -0.25) is 4.79 Å². The number of benzene rings is 3. The van der Waals surface area contributed by atoms with Crippen molar-refractivity contribution >= 4 is 27.4 Å². The first-order valence-electron chi connectivity index (χ1n) is 12.7. The lowest BCUT2D eigenvalue weighted by Crippen LogP contribution is -2.46. The van der Waals surface area contributed by atoms with Gasteiger partial charge in [0.1, 0.15) is 24.7 Å². The summed E-state index contributed by atoms with van der Waals surface area (Å²) in [6, 6.07) is 20.2. The monoisotopic (exact) mass is 532 g/mol. The van der Waals surface area contributed by atoms with Gasteiger partial charge in [0.2, 0.25) is 0 Å². The van der Waals surface area contributed by atoms with Crippen LogP contribution in [0.3, 0.4) is 0 Å². The van der Waals surface area contributed by atoms with E-state index in [2.05, 4.69) is 42.6 Å². The Hall–Kier alpha value is -3.39. The number of carboxylic acids is 1. The van der Waals surface area contributed by atoms with Crippen LogP contribution in [0.1, 0.15) is 36.0 Å². The van der Waals surface area contributed by atoms with Crippen LogP contribution in [0.25, 0.3) is 21.2 Å². The lowest BCUT2D eigenvalue weighted by atomic mass is 9.61. The van der Waals surface area contributed by atoms with Gasteiger partial charge in [-0.15, -0.1) is 11.3 Å². The number of aliphatic hydroxyl groups is 1. The molecule has 38 heavy (non-hydrogen) atoms. The summed E-state index contributed by atoms with van der Waals surface area (Å²) in [5.41, 5.74) is 5.05. The maximum Gasteiger partial charge on any atom is 0.304 e. The third kappa shape index (κ3) is 5.55. The van der Waals surface area contributed by atoms with Crippen LogP contribution in [0, 0.1) is 6.92 Å². The molecule has 0 atom stereocenters. The highest BCUT2D eigenvalue weighted by Gasteiger charge is 2.46. The summed E-state index contributed by atoms with van der Waals surface area (Å²) in [4.78, 5) is 11.4. The van der Waals surface area contributed by atoms with Crippen molar-refractivity contribution in [3.63, 3.8) is 0 Å². The van der Waals surface area contributed by atoms with Crippen molar-refractivity contribution in [1.82, 2.24) is 0 Å². The molecule has 1 aromatic heterocycles. The number of hydrogen-bond acceptors (Lipinski definition) is 6. The summed E-state index contributed by atoms with van der Waals surface area (Å²) >= 11 is 1.73. The fraction of sp³-hybridized carbons (Fsp3) is 0.323. The standard InChI is InChI=1S/C31H32O6S/c1-20-13-25(36-12-11-35-2)8-9-26(20)28-19-38-29-10-3-21(14-27(28)29)18-37-24-6-4-22(5-7-24)31(17-30(33)34)15-23(32)16-31/h3-10,13-14,19,23,32H,11-12,15-18H2,1-2H3,(H,33,34). The van der Waals surface area contributed by atoms with Crippen LogP contribution in [-0.2, 0) is 21.6 Å². The second-order valence-electron chi connectivity index (χ2n) is 10.0. The molecule has 0 unspecified atom stereocenters. The van der Waals surface area contributed by atoms with E-state index >= 15 is 0 Å². The topological polar surface area (TPSA) is 85.2 Å². The smallest absolute Gasteiger partial charge is 0.304 e. The molecule has 3 aromatic carbocycles. The highest BCUT2D eigenvalue weighted by molar-refractivity contribution is 7.17. The Bertz CT molecular complexity index is 1420. The van der Waals surface area contributed by atoms with Crippen LogP contribution in [0.5, 0.6) is 11.5 Å². The zero-order valence-corrected chi connectivity index (χ0v) is 22.4. The van der Waals surface area contributed by atoms with Crippen LogP contribution in [0.15, 0.2) is 66.0 Å². The molecule has 1 aliphatic rings. The number of carboxylic acid groups (broad SMARTS) is 1. The Morgan fingerprint density at radius 3 is 2.42 bits per heavy atom. The maximum absolute atomic E-state index is 11.4. The molecule has 198 valence electrons. The van der Waals surface area contributed by atoms with E-state index in [1.54, 1.807) is 18.4 Å². The first-order valence-corrected chi connectivity index (χ1v) is 13.6. The van der Waals surface area contributed by atoms with Crippen LogP contribution in [0.2, 0.25) is 0 Å². The molecule has 0 aliphatic heterocycles. The second kappa shape index (κ2) is 11.2. The number of aryl methyl sites for hydroxylation is 1. The van der Waals surface area contributed by atoms with Gasteiger partial charge in [-0.2, -0.15) is 0 Å². The summed E-state index contributed by atoms with van der Waals surface area (Å²) in [7, 11) is 1.66. The van der Waals surface area contributed by atoms with Gasteiger partial charge in [-0.1, -0.05) is 24.3 Å². The molecule has 0 amide bonds. The molecule has 1 saturated carbocycles. The van der Waals surface area contributed by atoms with E-state index in [4.69, 9.17) is 14.2 Å². The zero-order valence-electron chi connectivity index (χ0n) is 21.6. The van der Waals surface area contributed by atoms with Gasteiger partial charge >= 0.3 is 5.97 Å². The Morgan fingerprint density at radius 2 is 1.74 bits per heavy atom. The largest absolute Gasteiger partial charge is 0.491 e. The molecular weight excluding hydrogens is 500 g/mol. The summed E-state index contributed by atoms with van der Waals surface area (Å²) < 4.78 is 18.1. The third-order valence-corrected chi connectivity index (χ3v) is 8.26. The SMILES string of the molecule is COCCOc1ccc(-c2csc3ccc(COc4ccc(C5(CC(=O)O)CC(O)C5)cc4)cc23)c(C)c1. The van der Waals surface area contributed by atoms with Crippen LogP contribution >= 0.6 is 11.3 Å². The van der Waals surface area contributed by atoms with E-state index in [0.717, 1.165) is 28.2 Å². The molecular formula is C31H32O6S. The Morgan fingerprint density at radius 1 is 0.974 bits per heavy atom. The van der Waals surface area contributed by atoms with Crippen molar-refractivity contribution in [2.75, 3.05) is 20.3 Å². The summed E-state index contributed by atoms with van der Waals surface area (Å²) in [5.74, 6) is 0.719. The van der Waals surface area contributed by atoms with E-state index < -0.39 is 17.5 Å². The third-order valence-electron chi connectivity index (χ3n) is 7.30. The predicted molar refractivity (Wildman–Crippen MR) is 149 cm³/mol. The molecule has 4 aromatic rings. The van der Waals surface area contributed by atoms with Crippen molar-refractivity contribution in [3.05, 3.63) is 82.7 Å². The Kier molecular flexibility index (Phi) is 7.70. The van der Waals surface area contributed by atoms with Gasteiger partial charge in [0.05, 0.1) is 19.1 Å². The highest BCUT2D eigenvalue weighted by atomic mass is 32.1. The van der Waals surface area contributed by atoms with Crippen LogP contribution in [-0.4, -0.2) is 42.6 Å². The number of hydrogen-bond donors (Lipinski definition) is 2. The maximum atomic E-state index is 11.4. The van der Waals surface area contributed by atoms with Crippen LogP contribution < -0.4 is 9.47 Å². The minimum absolute atomic E-state index is 0.0241. The molecule has 0 saturated heterocycles. The lowest BCUT2D eigenvalue weighted by Gasteiger charge is -2.45. The molecule has 0 radical (unpaired) electrons. The normalized spacial score (nSPS) is 18.8. The van der Waals surface area contributed by atoms with Gasteiger partial charge in [0.15, 0.2) is 0 Å². The first kappa shape index (κ1) is 26.2. The average Bonchev–Trinajstić information content (AvgIpc) is 3.30. The quantitative estimate of drug-likeness (QED) is 0.219. The van der Waals surface area contributed by atoms with Crippen molar-refractivity contribution in [3.8, 4) is 22.6 Å². The molecule has 1 aliphatic carbocycles. The molecule has 2 N–H and O–H groups in total. The molecule has 1 fully saturated rings. The molecule has 7 heteroatoms. The minimum Gasteiger partial charge on any atom is -0.491 e. The molecule has 5 rings (SSSR count). The van der Waals surface area contributed by atoms with E-state index in [0.29, 0.717) is 32.7 Å². The van der Waals surface area contributed by atoms with Crippen molar-refractivity contribution in [2.24, 2.45) is 0 Å². The van der Waals surface area contributed by atoms with Gasteiger partial charge in [0.25, 0.3) is 0 Å². The number of carbonyl (C=O) groups is 1.